The van der Waals surface area contributed by atoms with E-state index in [1.54, 1.807) is 0 Å². The number of hydrogen-bond donors (Lipinski definition) is 1. The van der Waals surface area contributed by atoms with Crippen LogP contribution in [-0.2, 0) is 6.54 Å². The van der Waals surface area contributed by atoms with Crippen LogP contribution in [0.1, 0.15) is 18.4 Å². The number of aryl methyl sites for hydroxylation is 1. The number of nitrogens with zero attached hydrogens (tertiary/aromatic N) is 1. The molecule has 74 valence electrons. The van der Waals surface area contributed by atoms with Gasteiger partial charge < -0.3 is 9.84 Å². The van der Waals surface area contributed by atoms with Crippen molar-refractivity contribution in [2.75, 3.05) is 18.1 Å². The molecular weight excluding hydrogens is 184 g/mol. The molecular formula is C9H16N2OS. The summed E-state index contributed by atoms with van der Waals surface area (Å²) in [6.45, 7) is 5.91. The average molecular weight is 200 g/mol. The van der Waals surface area contributed by atoms with Crippen molar-refractivity contribution in [2.45, 2.75) is 20.4 Å². The van der Waals surface area contributed by atoms with Crippen molar-refractivity contribution in [3.8, 4) is 0 Å². The van der Waals surface area contributed by atoms with Gasteiger partial charge in [-0.25, -0.2) is 0 Å². The minimum atomic E-state index is 0.783. The lowest BCUT2D eigenvalue weighted by Gasteiger charge is -1.99. The lowest BCUT2D eigenvalue weighted by atomic mass is 10.4. The minimum Gasteiger partial charge on any atom is -0.360 e. The third-order valence-corrected chi connectivity index (χ3v) is 2.50. The van der Waals surface area contributed by atoms with Crippen LogP contribution in [0.25, 0.3) is 0 Å². The van der Waals surface area contributed by atoms with Crippen LogP contribution in [0, 0.1) is 6.92 Å². The van der Waals surface area contributed by atoms with Crippen LogP contribution in [-0.4, -0.2) is 23.2 Å². The van der Waals surface area contributed by atoms with Crippen molar-refractivity contribution in [1.82, 2.24) is 10.5 Å². The lowest BCUT2D eigenvalue weighted by Crippen LogP contribution is -2.16. The van der Waals surface area contributed by atoms with Crippen molar-refractivity contribution in [1.29, 1.82) is 0 Å². The lowest BCUT2D eigenvalue weighted by molar-refractivity contribution is 0.371. The fourth-order valence-electron chi connectivity index (χ4n) is 1.000. The van der Waals surface area contributed by atoms with Gasteiger partial charge in [0.2, 0.25) is 0 Å². The molecule has 13 heavy (non-hydrogen) atoms. The van der Waals surface area contributed by atoms with Crippen molar-refractivity contribution >= 4 is 11.8 Å². The summed E-state index contributed by atoms with van der Waals surface area (Å²) in [7, 11) is 0. The summed E-state index contributed by atoms with van der Waals surface area (Å²) in [5.74, 6) is 3.26. The van der Waals surface area contributed by atoms with Gasteiger partial charge in [0, 0.05) is 18.4 Å². The predicted octanol–water partition coefficient (Wildman–Crippen LogP) is 1.83. The van der Waals surface area contributed by atoms with Crippen molar-refractivity contribution in [3.63, 3.8) is 0 Å². The fourth-order valence-corrected chi connectivity index (χ4v) is 1.58. The van der Waals surface area contributed by atoms with E-state index in [0.717, 1.165) is 30.3 Å². The normalized spacial score (nSPS) is 10.6. The summed E-state index contributed by atoms with van der Waals surface area (Å²) in [4.78, 5) is 0. The molecule has 0 fully saturated rings. The van der Waals surface area contributed by atoms with Gasteiger partial charge in [0.1, 0.15) is 0 Å². The number of rotatable bonds is 6. The zero-order valence-corrected chi connectivity index (χ0v) is 8.99. The van der Waals surface area contributed by atoms with Crippen LogP contribution < -0.4 is 5.32 Å². The number of nitrogens with one attached hydrogen (secondary N) is 1. The van der Waals surface area contributed by atoms with Crippen molar-refractivity contribution < 1.29 is 4.52 Å². The summed E-state index contributed by atoms with van der Waals surface area (Å²) >= 11 is 1.94. The molecule has 0 saturated carbocycles. The Kier molecular flexibility index (Phi) is 4.93. The molecule has 3 nitrogen and oxygen atoms in total. The Labute approximate surface area is 83.3 Å². The second kappa shape index (κ2) is 6.05. The highest BCUT2D eigenvalue weighted by Gasteiger charge is 1.98. The Morgan fingerprint density at radius 1 is 1.62 bits per heavy atom. The third kappa shape index (κ3) is 4.33. The summed E-state index contributed by atoms with van der Waals surface area (Å²) in [6, 6.07) is 1.96. The second-order valence-electron chi connectivity index (χ2n) is 2.81. The fraction of sp³-hybridized carbons (Fsp3) is 0.667. The largest absolute Gasteiger partial charge is 0.360 e. The van der Waals surface area contributed by atoms with Gasteiger partial charge >= 0.3 is 0 Å². The van der Waals surface area contributed by atoms with Crippen LogP contribution in [0.3, 0.4) is 0 Å². The summed E-state index contributed by atoms with van der Waals surface area (Å²) in [5.41, 5.74) is 0.944. The molecule has 4 heteroatoms. The maximum Gasteiger partial charge on any atom is 0.150 e. The van der Waals surface area contributed by atoms with Gasteiger partial charge in [0.15, 0.2) is 5.76 Å². The molecule has 1 heterocycles. The first kappa shape index (κ1) is 10.6. The molecule has 0 radical (unpaired) electrons. The van der Waals surface area contributed by atoms with Crippen LogP contribution in [0.15, 0.2) is 10.6 Å². The van der Waals surface area contributed by atoms with Crippen LogP contribution >= 0.6 is 11.8 Å². The molecule has 1 N–H and O–H groups in total. The van der Waals surface area contributed by atoms with Crippen LogP contribution in [0.4, 0.5) is 0 Å². The Morgan fingerprint density at radius 3 is 3.08 bits per heavy atom. The summed E-state index contributed by atoms with van der Waals surface area (Å²) in [6.07, 6.45) is 0. The molecule has 0 bridgehead atoms. The average Bonchev–Trinajstić information content (AvgIpc) is 2.51. The van der Waals surface area contributed by atoms with Gasteiger partial charge in [-0.15, -0.1) is 0 Å². The van der Waals surface area contributed by atoms with Gasteiger partial charge in [-0.1, -0.05) is 12.1 Å². The van der Waals surface area contributed by atoms with E-state index in [1.165, 1.54) is 5.75 Å². The van der Waals surface area contributed by atoms with Gasteiger partial charge in [0.05, 0.1) is 12.2 Å². The highest BCUT2D eigenvalue weighted by molar-refractivity contribution is 7.99. The van der Waals surface area contributed by atoms with E-state index in [0.29, 0.717) is 0 Å². The zero-order chi connectivity index (χ0) is 9.52. The standard InChI is InChI=1S/C9H16N2OS/c1-3-13-5-4-10-7-9-6-8(2)11-12-9/h6,10H,3-5,7H2,1-2H3. The monoisotopic (exact) mass is 200 g/mol. The Hall–Kier alpha value is -0.480. The first-order valence-corrected chi connectivity index (χ1v) is 5.69. The van der Waals surface area contributed by atoms with Gasteiger partial charge in [0.25, 0.3) is 0 Å². The van der Waals surface area contributed by atoms with Crippen LogP contribution in [0.2, 0.25) is 0 Å². The first-order valence-electron chi connectivity index (χ1n) is 4.53. The van der Waals surface area contributed by atoms with E-state index in [4.69, 9.17) is 4.52 Å². The highest BCUT2D eigenvalue weighted by Crippen LogP contribution is 2.01. The molecule has 0 aliphatic carbocycles. The number of aromatic nitrogens is 1. The van der Waals surface area contributed by atoms with Crippen LogP contribution in [0.5, 0.6) is 0 Å². The van der Waals surface area contributed by atoms with E-state index in [1.807, 2.05) is 24.8 Å². The molecule has 0 aromatic carbocycles. The highest BCUT2D eigenvalue weighted by atomic mass is 32.2. The molecule has 0 atom stereocenters. The molecule has 0 aliphatic rings. The molecule has 0 unspecified atom stereocenters. The maximum absolute atomic E-state index is 5.05. The quantitative estimate of drug-likeness (QED) is 0.711. The van der Waals surface area contributed by atoms with Crippen molar-refractivity contribution in [2.24, 2.45) is 0 Å². The maximum atomic E-state index is 5.05. The third-order valence-electron chi connectivity index (χ3n) is 1.60. The molecule has 0 saturated heterocycles. The molecule has 1 rings (SSSR count). The predicted molar refractivity (Wildman–Crippen MR) is 55.9 cm³/mol. The Bertz CT molecular complexity index is 237. The second-order valence-corrected chi connectivity index (χ2v) is 4.20. The summed E-state index contributed by atoms with van der Waals surface area (Å²) in [5, 5.41) is 7.11. The van der Waals surface area contributed by atoms with Crippen molar-refractivity contribution in [3.05, 3.63) is 17.5 Å². The minimum absolute atomic E-state index is 0.783. The molecule has 0 spiro atoms. The van der Waals surface area contributed by atoms with E-state index in [2.05, 4.69) is 17.4 Å². The number of thioether (sulfide) groups is 1. The molecule has 0 aliphatic heterocycles. The smallest absolute Gasteiger partial charge is 0.150 e. The van der Waals surface area contributed by atoms with E-state index in [-0.39, 0.29) is 0 Å². The zero-order valence-electron chi connectivity index (χ0n) is 8.17. The first-order chi connectivity index (χ1) is 6.33. The van der Waals surface area contributed by atoms with Gasteiger partial charge in [-0.05, 0) is 12.7 Å². The van der Waals surface area contributed by atoms with Gasteiger partial charge in [-0.3, -0.25) is 0 Å². The van der Waals surface area contributed by atoms with Gasteiger partial charge in [-0.2, -0.15) is 11.8 Å². The van der Waals surface area contributed by atoms with E-state index < -0.39 is 0 Å². The SMILES string of the molecule is CCSCCNCc1cc(C)no1. The molecule has 0 amide bonds. The topological polar surface area (TPSA) is 38.1 Å². The Balaban J connectivity index is 2.06. The van der Waals surface area contributed by atoms with E-state index >= 15 is 0 Å². The van der Waals surface area contributed by atoms with E-state index in [9.17, 15) is 0 Å². The Morgan fingerprint density at radius 2 is 2.46 bits per heavy atom. The molecule has 1 aromatic heterocycles. The summed E-state index contributed by atoms with van der Waals surface area (Å²) < 4.78 is 5.05. The molecule has 1 aromatic rings. The number of hydrogen-bond acceptors (Lipinski definition) is 4.